The molecular formula is C19H33NO6. The number of hydrogen-bond acceptors (Lipinski definition) is 6. The first-order chi connectivity index (χ1) is 11.7. The number of allylic oxidation sites excluding steroid dienone is 1. The highest BCUT2D eigenvalue weighted by atomic mass is 16.6. The number of rotatable bonds is 6. The van der Waals surface area contributed by atoms with E-state index in [0.29, 0.717) is 17.7 Å². The van der Waals surface area contributed by atoms with E-state index in [0.717, 1.165) is 0 Å². The molecule has 0 aliphatic rings. The lowest BCUT2D eigenvalue weighted by molar-refractivity contribution is -0.153. The maximum atomic E-state index is 12.5. The lowest BCUT2D eigenvalue weighted by atomic mass is 10.2. The Morgan fingerprint density at radius 2 is 1.38 bits per heavy atom. The van der Waals surface area contributed by atoms with Gasteiger partial charge < -0.3 is 14.2 Å². The maximum Gasteiger partial charge on any atom is 0.420 e. The molecule has 0 aromatic carbocycles. The molecule has 0 aromatic rings. The molecule has 0 N–H and O–H groups in total. The lowest BCUT2D eigenvalue weighted by Crippen LogP contribution is -2.51. The summed E-state index contributed by atoms with van der Waals surface area (Å²) >= 11 is 0. The van der Waals surface area contributed by atoms with E-state index in [1.165, 1.54) is 6.92 Å². The minimum absolute atomic E-state index is 0.373. The fraction of sp³-hybridized carbons (Fsp3) is 0.737. The normalized spacial score (nSPS) is 14.0. The van der Waals surface area contributed by atoms with Gasteiger partial charge in [0.05, 0.1) is 6.10 Å². The molecule has 0 rings (SSSR count). The van der Waals surface area contributed by atoms with Crippen LogP contribution in [0.15, 0.2) is 12.7 Å². The molecule has 150 valence electrons. The third-order valence-electron chi connectivity index (χ3n) is 3.00. The van der Waals surface area contributed by atoms with Crippen molar-refractivity contribution in [3.8, 4) is 0 Å². The van der Waals surface area contributed by atoms with Crippen molar-refractivity contribution < 1.29 is 28.6 Å². The second kappa shape index (κ2) is 9.59. The van der Waals surface area contributed by atoms with Crippen LogP contribution in [-0.4, -0.2) is 46.4 Å². The van der Waals surface area contributed by atoms with Crippen LogP contribution in [0.4, 0.5) is 9.59 Å². The van der Waals surface area contributed by atoms with Gasteiger partial charge in [-0.15, -0.1) is 6.58 Å². The van der Waals surface area contributed by atoms with Gasteiger partial charge in [0, 0.05) is 0 Å². The molecule has 0 heterocycles. The fourth-order valence-electron chi connectivity index (χ4n) is 1.83. The molecule has 0 aliphatic carbocycles. The Morgan fingerprint density at radius 3 is 1.73 bits per heavy atom. The average Bonchev–Trinajstić information content (AvgIpc) is 2.40. The molecule has 0 saturated heterocycles. The van der Waals surface area contributed by atoms with Crippen LogP contribution in [-0.2, 0) is 19.0 Å². The van der Waals surface area contributed by atoms with E-state index in [1.54, 1.807) is 54.5 Å². The monoisotopic (exact) mass is 371 g/mol. The molecule has 0 aliphatic heterocycles. The zero-order valence-electron chi connectivity index (χ0n) is 17.3. The summed E-state index contributed by atoms with van der Waals surface area (Å²) in [5.74, 6) is -0.710. The Hall–Kier alpha value is -2.05. The second-order valence-corrected chi connectivity index (χ2v) is 8.12. The molecule has 1 unspecified atom stereocenters. The number of carbonyl (C=O) groups excluding carboxylic acids is 3. The van der Waals surface area contributed by atoms with Crippen molar-refractivity contribution in [2.45, 2.75) is 91.6 Å². The van der Waals surface area contributed by atoms with E-state index in [1.807, 2.05) is 0 Å². The van der Waals surface area contributed by atoms with Gasteiger partial charge in [0.2, 0.25) is 0 Å². The number of nitrogens with zero attached hydrogens (tertiary/aromatic N) is 1. The molecule has 0 fully saturated rings. The lowest BCUT2D eigenvalue weighted by Gasteiger charge is -2.31. The van der Waals surface area contributed by atoms with Crippen molar-refractivity contribution in [1.29, 1.82) is 0 Å². The van der Waals surface area contributed by atoms with Crippen LogP contribution >= 0.6 is 0 Å². The molecular weight excluding hydrogens is 338 g/mol. The number of hydrogen-bond donors (Lipinski definition) is 0. The predicted molar refractivity (Wildman–Crippen MR) is 98.8 cm³/mol. The molecule has 26 heavy (non-hydrogen) atoms. The van der Waals surface area contributed by atoms with E-state index < -0.39 is 35.4 Å². The van der Waals surface area contributed by atoms with Gasteiger partial charge in [0.15, 0.2) is 0 Å². The quantitative estimate of drug-likeness (QED) is 0.390. The maximum absolute atomic E-state index is 12.5. The highest BCUT2D eigenvalue weighted by molar-refractivity contribution is 5.93. The molecule has 2 amide bonds. The third-order valence-corrected chi connectivity index (χ3v) is 3.00. The summed E-state index contributed by atoms with van der Waals surface area (Å²) in [6.45, 7) is 16.7. The third kappa shape index (κ3) is 9.44. The number of carbonyl (C=O) groups is 3. The molecule has 0 aromatic heterocycles. The largest absolute Gasteiger partial charge is 0.461 e. The van der Waals surface area contributed by atoms with Gasteiger partial charge in [-0.05, 0) is 68.2 Å². The van der Waals surface area contributed by atoms with Crippen LogP contribution in [0.1, 0.15) is 68.2 Å². The van der Waals surface area contributed by atoms with E-state index >= 15 is 0 Å². The fourth-order valence-corrected chi connectivity index (χ4v) is 1.83. The van der Waals surface area contributed by atoms with Gasteiger partial charge in [-0.2, -0.15) is 4.90 Å². The molecule has 2 atom stereocenters. The SMILES string of the molecule is C=CCCC(C)OC(=O)[C@H](C)N(C(=O)OC(C)(C)C)C(=O)OC(C)(C)C. The first kappa shape index (κ1) is 23.9. The standard InChI is InChI=1S/C19H33NO6/c1-10-11-12-13(2)24-15(21)14(3)20(16(22)25-18(4,5)6)17(23)26-19(7,8)9/h10,13-14H,1,11-12H2,2-9H3/t13?,14-/m0/s1. The summed E-state index contributed by atoms with van der Waals surface area (Å²) in [7, 11) is 0. The smallest absolute Gasteiger partial charge is 0.420 e. The number of amides is 2. The second-order valence-electron chi connectivity index (χ2n) is 8.12. The Bertz CT molecular complexity index is 487. The molecule has 0 spiro atoms. The number of imide groups is 1. The summed E-state index contributed by atoms with van der Waals surface area (Å²) in [5, 5.41) is 0. The highest BCUT2D eigenvalue weighted by Crippen LogP contribution is 2.18. The van der Waals surface area contributed by atoms with Gasteiger partial charge in [-0.25, -0.2) is 14.4 Å². The van der Waals surface area contributed by atoms with Crippen LogP contribution in [0.5, 0.6) is 0 Å². The van der Waals surface area contributed by atoms with Crippen molar-refractivity contribution in [3.63, 3.8) is 0 Å². The van der Waals surface area contributed by atoms with E-state index in [2.05, 4.69) is 6.58 Å². The van der Waals surface area contributed by atoms with E-state index in [9.17, 15) is 14.4 Å². The first-order valence-corrected chi connectivity index (χ1v) is 8.74. The van der Waals surface area contributed by atoms with Crippen LogP contribution in [0.3, 0.4) is 0 Å². The van der Waals surface area contributed by atoms with Crippen molar-refractivity contribution in [2.24, 2.45) is 0 Å². The Kier molecular flexibility index (Phi) is 8.84. The minimum Gasteiger partial charge on any atom is -0.461 e. The van der Waals surface area contributed by atoms with Gasteiger partial charge in [-0.3, -0.25) is 0 Å². The zero-order valence-corrected chi connectivity index (χ0v) is 17.3. The number of esters is 1. The van der Waals surface area contributed by atoms with Crippen molar-refractivity contribution in [2.75, 3.05) is 0 Å². The summed E-state index contributed by atoms with van der Waals surface area (Å²) < 4.78 is 15.8. The summed E-state index contributed by atoms with van der Waals surface area (Å²) in [4.78, 5) is 38.0. The van der Waals surface area contributed by atoms with Crippen LogP contribution < -0.4 is 0 Å². The molecule has 7 heteroatoms. The molecule has 0 radical (unpaired) electrons. The summed E-state index contributed by atoms with van der Waals surface area (Å²) in [5.41, 5.74) is -1.67. The van der Waals surface area contributed by atoms with Gasteiger partial charge in [-0.1, -0.05) is 6.08 Å². The average molecular weight is 371 g/mol. The van der Waals surface area contributed by atoms with Crippen molar-refractivity contribution in [1.82, 2.24) is 4.90 Å². The summed E-state index contributed by atoms with van der Waals surface area (Å²) in [6, 6.07) is -1.19. The molecule has 7 nitrogen and oxygen atoms in total. The topological polar surface area (TPSA) is 82.1 Å². The summed E-state index contributed by atoms with van der Waals surface area (Å²) in [6.07, 6.45) is 0.708. The zero-order chi connectivity index (χ0) is 20.7. The van der Waals surface area contributed by atoms with E-state index in [-0.39, 0.29) is 6.10 Å². The van der Waals surface area contributed by atoms with Crippen molar-refractivity contribution >= 4 is 18.2 Å². The Morgan fingerprint density at radius 1 is 0.962 bits per heavy atom. The minimum atomic E-state index is -1.19. The van der Waals surface area contributed by atoms with Crippen LogP contribution in [0, 0.1) is 0 Å². The van der Waals surface area contributed by atoms with Crippen molar-refractivity contribution in [3.05, 3.63) is 12.7 Å². The Balaban J connectivity index is 5.35. The van der Waals surface area contributed by atoms with Crippen LogP contribution in [0.25, 0.3) is 0 Å². The van der Waals surface area contributed by atoms with Crippen LogP contribution in [0.2, 0.25) is 0 Å². The first-order valence-electron chi connectivity index (χ1n) is 8.74. The van der Waals surface area contributed by atoms with E-state index in [4.69, 9.17) is 14.2 Å². The van der Waals surface area contributed by atoms with Gasteiger partial charge in [0.25, 0.3) is 0 Å². The van der Waals surface area contributed by atoms with Gasteiger partial charge >= 0.3 is 18.2 Å². The number of ether oxygens (including phenoxy) is 3. The predicted octanol–water partition coefficient (Wildman–Crippen LogP) is 4.45. The molecule has 0 saturated carbocycles. The Labute approximate surface area is 156 Å². The highest BCUT2D eigenvalue weighted by Gasteiger charge is 2.38. The molecule has 0 bridgehead atoms. The van der Waals surface area contributed by atoms with Gasteiger partial charge in [0.1, 0.15) is 17.2 Å².